The van der Waals surface area contributed by atoms with Crippen LogP contribution in [-0.2, 0) is 15.8 Å². The Bertz CT molecular complexity index is 563. The fraction of sp³-hybridized carbons (Fsp3) is 0.500. The van der Waals surface area contributed by atoms with Crippen LogP contribution >= 0.6 is 12.2 Å². The summed E-state index contributed by atoms with van der Waals surface area (Å²) in [6.07, 6.45) is 4.67. The van der Waals surface area contributed by atoms with Gasteiger partial charge in [-0.05, 0) is 24.3 Å². The largest absolute Gasteiger partial charge is 0.389 e. The highest BCUT2D eigenvalue weighted by Gasteiger charge is 2.20. The van der Waals surface area contributed by atoms with E-state index in [0.29, 0.717) is 11.5 Å². The minimum absolute atomic E-state index is 0.00591. The van der Waals surface area contributed by atoms with Crippen molar-refractivity contribution in [2.24, 2.45) is 11.7 Å². The van der Waals surface area contributed by atoms with Gasteiger partial charge in [-0.1, -0.05) is 49.3 Å². The molecule has 0 saturated heterocycles. The smallest absolute Gasteiger partial charge is 0.215 e. The van der Waals surface area contributed by atoms with E-state index in [2.05, 4.69) is 4.72 Å². The molecule has 1 aliphatic rings. The second-order valence-electron chi connectivity index (χ2n) is 5.30. The van der Waals surface area contributed by atoms with Gasteiger partial charge in [-0.25, -0.2) is 13.1 Å². The van der Waals surface area contributed by atoms with Crippen LogP contribution in [0.1, 0.15) is 36.8 Å². The van der Waals surface area contributed by atoms with Gasteiger partial charge in [-0.15, -0.1) is 0 Å². The summed E-state index contributed by atoms with van der Waals surface area (Å²) in [5, 5.41) is 0. The van der Waals surface area contributed by atoms with Crippen molar-refractivity contribution < 1.29 is 8.42 Å². The molecular weight excluding hydrogens is 292 g/mol. The first-order chi connectivity index (χ1) is 9.46. The van der Waals surface area contributed by atoms with Gasteiger partial charge in [0, 0.05) is 12.1 Å². The molecule has 0 unspecified atom stereocenters. The van der Waals surface area contributed by atoms with Crippen LogP contribution in [-0.4, -0.2) is 20.0 Å². The quantitative estimate of drug-likeness (QED) is 0.568. The highest BCUT2D eigenvalue weighted by molar-refractivity contribution is 7.88. The van der Waals surface area contributed by atoms with Gasteiger partial charge >= 0.3 is 0 Å². The summed E-state index contributed by atoms with van der Waals surface area (Å²) < 4.78 is 26.5. The van der Waals surface area contributed by atoms with E-state index in [-0.39, 0.29) is 5.75 Å². The molecule has 1 saturated carbocycles. The van der Waals surface area contributed by atoms with Crippen molar-refractivity contribution in [2.45, 2.75) is 31.4 Å². The zero-order valence-electron chi connectivity index (χ0n) is 11.3. The fourth-order valence-corrected chi connectivity index (χ4v) is 3.39. The van der Waals surface area contributed by atoms with Crippen LogP contribution in [0.25, 0.3) is 0 Å². The molecule has 0 amide bonds. The minimum Gasteiger partial charge on any atom is -0.389 e. The summed E-state index contributed by atoms with van der Waals surface area (Å²) >= 11 is 4.86. The molecule has 20 heavy (non-hydrogen) atoms. The summed E-state index contributed by atoms with van der Waals surface area (Å²) in [7, 11) is -3.26. The van der Waals surface area contributed by atoms with E-state index in [0.717, 1.165) is 29.9 Å². The Morgan fingerprint density at radius 1 is 1.30 bits per heavy atom. The molecular formula is C14H20N2O2S2. The molecule has 1 aliphatic carbocycles. The third kappa shape index (κ3) is 5.19. The molecule has 0 bridgehead atoms. The van der Waals surface area contributed by atoms with E-state index in [4.69, 9.17) is 18.0 Å². The first-order valence-electron chi connectivity index (χ1n) is 6.82. The number of thiocarbonyl (C=S) groups is 1. The van der Waals surface area contributed by atoms with Gasteiger partial charge in [-0.3, -0.25) is 0 Å². The van der Waals surface area contributed by atoms with Crippen LogP contribution in [0.2, 0.25) is 0 Å². The number of nitrogens with two attached hydrogens (primary N) is 1. The molecule has 4 nitrogen and oxygen atoms in total. The highest BCUT2D eigenvalue weighted by Crippen LogP contribution is 2.33. The number of sulfonamides is 1. The van der Waals surface area contributed by atoms with Crippen molar-refractivity contribution in [3.8, 4) is 0 Å². The number of nitrogens with one attached hydrogen (secondary N) is 1. The first kappa shape index (κ1) is 15.4. The van der Waals surface area contributed by atoms with Crippen LogP contribution in [0, 0.1) is 5.92 Å². The molecule has 1 fully saturated rings. The van der Waals surface area contributed by atoms with Gasteiger partial charge in [0.05, 0.1) is 5.75 Å². The second kappa shape index (κ2) is 6.65. The minimum atomic E-state index is -3.26. The predicted molar refractivity (Wildman–Crippen MR) is 84.9 cm³/mol. The highest BCUT2D eigenvalue weighted by atomic mass is 32.2. The van der Waals surface area contributed by atoms with Crippen LogP contribution in [0.5, 0.6) is 0 Å². The van der Waals surface area contributed by atoms with E-state index in [9.17, 15) is 8.42 Å². The van der Waals surface area contributed by atoms with Gasteiger partial charge in [0.15, 0.2) is 0 Å². The third-order valence-electron chi connectivity index (χ3n) is 3.40. The predicted octanol–water partition coefficient (Wildman–Crippen LogP) is 1.93. The molecule has 0 aromatic heterocycles. The SMILES string of the molecule is NC(=S)c1ccc(CS(=O)(=O)NCCCC2CC2)cc1. The molecule has 2 rings (SSSR count). The summed E-state index contributed by atoms with van der Waals surface area (Å²) in [5.41, 5.74) is 6.99. The number of rotatable bonds is 8. The Balaban J connectivity index is 1.81. The normalized spacial score (nSPS) is 15.2. The lowest BCUT2D eigenvalue weighted by molar-refractivity contribution is 0.572. The number of benzene rings is 1. The summed E-state index contributed by atoms with van der Waals surface area (Å²) in [5.74, 6) is 0.834. The van der Waals surface area contributed by atoms with Crippen LogP contribution in [0.15, 0.2) is 24.3 Å². The maximum absolute atomic E-state index is 11.9. The van der Waals surface area contributed by atoms with E-state index in [1.165, 1.54) is 12.8 Å². The standard InChI is InChI=1S/C14H20N2O2S2/c15-14(19)13-7-5-12(6-8-13)10-20(17,18)16-9-1-2-11-3-4-11/h5-8,11,16H,1-4,9-10H2,(H2,15,19). The summed E-state index contributed by atoms with van der Waals surface area (Å²) in [6, 6.07) is 7.00. The van der Waals surface area contributed by atoms with Crippen molar-refractivity contribution in [3.63, 3.8) is 0 Å². The second-order valence-corrected chi connectivity index (χ2v) is 7.55. The van der Waals surface area contributed by atoms with Crippen molar-refractivity contribution in [1.29, 1.82) is 0 Å². The number of hydrogen-bond acceptors (Lipinski definition) is 3. The third-order valence-corrected chi connectivity index (χ3v) is 5.00. The number of hydrogen-bond donors (Lipinski definition) is 2. The zero-order chi connectivity index (χ0) is 14.6. The summed E-state index contributed by atoms with van der Waals surface area (Å²) in [6.45, 7) is 0.532. The zero-order valence-corrected chi connectivity index (χ0v) is 13.0. The van der Waals surface area contributed by atoms with Crippen LogP contribution in [0.3, 0.4) is 0 Å². The molecule has 1 aromatic carbocycles. The maximum Gasteiger partial charge on any atom is 0.215 e. The van der Waals surface area contributed by atoms with E-state index >= 15 is 0 Å². The van der Waals surface area contributed by atoms with Crippen molar-refractivity contribution in [3.05, 3.63) is 35.4 Å². The van der Waals surface area contributed by atoms with Gasteiger partial charge < -0.3 is 5.73 Å². The first-order valence-corrected chi connectivity index (χ1v) is 8.88. The summed E-state index contributed by atoms with van der Waals surface area (Å²) in [4.78, 5) is 0.317. The van der Waals surface area contributed by atoms with Gasteiger partial charge in [-0.2, -0.15) is 0 Å². The van der Waals surface area contributed by atoms with Gasteiger partial charge in [0.25, 0.3) is 0 Å². The van der Waals surface area contributed by atoms with Crippen molar-refractivity contribution >= 4 is 27.2 Å². The molecule has 0 heterocycles. The lowest BCUT2D eigenvalue weighted by Crippen LogP contribution is -2.26. The van der Waals surface area contributed by atoms with Crippen LogP contribution < -0.4 is 10.5 Å². The van der Waals surface area contributed by atoms with Crippen LogP contribution in [0.4, 0.5) is 0 Å². The molecule has 0 radical (unpaired) electrons. The molecule has 1 aromatic rings. The van der Waals surface area contributed by atoms with Crippen molar-refractivity contribution in [2.75, 3.05) is 6.54 Å². The Labute approximate surface area is 125 Å². The van der Waals surface area contributed by atoms with E-state index in [1.54, 1.807) is 24.3 Å². The molecule has 0 aliphatic heterocycles. The Kier molecular flexibility index (Phi) is 5.12. The lowest BCUT2D eigenvalue weighted by atomic mass is 10.1. The van der Waals surface area contributed by atoms with Gasteiger partial charge in [0.2, 0.25) is 10.0 Å². The molecule has 110 valence electrons. The maximum atomic E-state index is 11.9. The fourth-order valence-electron chi connectivity index (χ4n) is 2.06. The van der Waals surface area contributed by atoms with Gasteiger partial charge in [0.1, 0.15) is 4.99 Å². The Morgan fingerprint density at radius 2 is 1.95 bits per heavy atom. The molecule has 0 atom stereocenters. The topological polar surface area (TPSA) is 72.2 Å². The average Bonchev–Trinajstić information content (AvgIpc) is 3.19. The van der Waals surface area contributed by atoms with E-state index < -0.39 is 10.0 Å². The molecule has 6 heteroatoms. The van der Waals surface area contributed by atoms with Crippen molar-refractivity contribution in [1.82, 2.24) is 4.72 Å². The molecule has 3 N–H and O–H groups in total. The lowest BCUT2D eigenvalue weighted by Gasteiger charge is -2.07. The van der Waals surface area contributed by atoms with E-state index in [1.807, 2.05) is 0 Å². The average molecular weight is 312 g/mol. The monoisotopic (exact) mass is 312 g/mol. The Hall–Kier alpha value is -0.980. The molecule has 0 spiro atoms. The Morgan fingerprint density at radius 3 is 2.50 bits per heavy atom.